The van der Waals surface area contributed by atoms with Gasteiger partial charge < -0.3 is 4.74 Å². The topological polar surface area (TPSA) is 65.7 Å². The van der Waals surface area contributed by atoms with Gasteiger partial charge in [-0.2, -0.15) is 10.1 Å². The van der Waals surface area contributed by atoms with Gasteiger partial charge in [0.05, 0.1) is 7.11 Å². The Morgan fingerprint density at radius 1 is 1.11 bits per heavy atom. The van der Waals surface area contributed by atoms with E-state index in [1.807, 2.05) is 30.5 Å². The van der Waals surface area contributed by atoms with Crippen LogP contribution in [0.2, 0.25) is 0 Å². The highest BCUT2D eigenvalue weighted by atomic mass is 16.5. The molecule has 6 nitrogen and oxygen atoms in total. The molecule has 0 saturated heterocycles. The fraction of sp³-hybridized carbons (Fsp3) is 0.0769. The summed E-state index contributed by atoms with van der Waals surface area (Å²) in [5.74, 6) is 1.61. The number of hydrogen-bond acceptors (Lipinski definition) is 5. The van der Waals surface area contributed by atoms with E-state index in [0.29, 0.717) is 23.2 Å². The lowest BCUT2D eigenvalue weighted by Gasteiger charge is -2.06. The van der Waals surface area contributed by atoms with Crippen molar-refractivity contribution >= 4 is 0 Å². The van der Waals surface area contributed by atoms with Gasteiger partial charge in [-0.25, -0.2) is 9.67 Å². The number of hydrogen-bond donors (Lipinski definition) is 0. The molecule has 3 heterocycles. The Hall–Kier alpha value is -2.76. The number of rotatable bonds is 3. The number of aromatic nitrogens is 5. The molecule has 0 amide bonds. The van der Waals surface area contributed by atoms with Gasteiger partial charge in [0.25, 0.3) is 0 Å². The second-order valence-corrected chi connectivity index (χ2v) is 3.76. The Kier molecular flexibility index (Phi) is 2.89. The van der Waals surface area contributed by atoms with Gasteiger partial charge in [0.1, 0.15) is 5.69 Å². The molecule has 94 valence electrons. The normalized spacial score (nSPS) is 10.4. The summed E-state index contributed by atoms with van der Waals surface area (Å²) in [6.07, 6.45) is 5.20. The van der Waals surface area contributed by atoms with E-state index in [9.17, 15) is 0 Å². The first kappa shape index (κ1) is 11.3. The molecule has 0 aliphatic heterocycles. The first-order chi connectivity index (χ1) is 9.36. The van der Waals surface area contributed by atoms with Crippen LogP contribution in [-0.2, 0) is 0 Å². The molecule has 6 heteroatoms. The first-order valence-electron chi connectivity index (χ1n) is 5.71. The largest absolute Gasteiger partial charge is 0.481 e. The molecular formula is C13H11N5O. The Labute approximate surface area is 109 Å². The molecular weight excluding hydrogens is 242 g/mol. The average Bonchev–Trinajstić information content (AvgIpc) is 3.02. The van der Waals surface area contributed by atoms with Crippen LogP contribution in [0.3, 0.4) is 0 Å². The number of methoxy groups -OCH3 is 1. The molecule has 0 bridgehead atoms. The van der Waals surface area contributed by atoms with E-state index >= 15 is 0 Å². The van der Waals surface area contributed by atoms with Crippen LogP contribution >= 0.6 is 0 Å². The lowest BCUT2D eigenvalue weighted by Crippen LogP contribution is -2.03. The summed E-state index contributed by atoms with van der Waals surface area (Å²) < 4.78 is 6.84. The van der Waals surface area contributed by atoms with Crippen molar-refractivity contribution < 1.29 is 4.74 Å². The monoisotopic (exact) mass is 253 g/mol. The third-order valence-corrected chi connectivity index (χ3v) is 2.53. The fourth-order valence-corrected chi connectivity index (χ4v) is 1.65. The van der Waals surface area contributed by atoms with Gasteiger partial charge in [0.15, 0.2) is 11.6 Å². The summed E-state index contributed by atoms with van der Waals surface area (Å²) in [7, 11) is 1.57. The first-order valence-corrected chi connectivity index (χ1v) is 5.71. The Balaban J connectivity index is 2.13. The molecule has 3 aromatic rings. The molecule has 0 radical (unpaired) electrons. The van der Waals surface area contributed by atoms with Crippen molar-refractivity contribution in [2.24, 2.45) is 0 Å². The van der Waals surface area contributed by atoms with E-state index < -0.39 is 0 Å². The fourth-order valence-electron chi connectivity index (χ4n) is 1.65. The summed E-state index contributed by atoms with van der Waals surface area (Å²) >= 11 is 0. The molecule has 0 aliphatic rings. The van der Waals surface area contributed by atoms with Crippen LogP contribution in [0, 0.1) is 0 Å². The molecule has 0 fully saturated rings. The van der Waals surface area contributed by atoms with Crippen LogP contribution in [-0.4, -0.2) is 31.8 Å². The molecule has 0 spiro atoms. The van der Waals surface area contributed by atoms with E-state index in [4.69, 9.17) is 4.74 Å². The van der Waals surface area contributed by atoms with Crippen LogP contribution in [0.4, 0.5) is 0 Å². The zero-order valence-electron chi connectivity index (χ0n) is 10.3. The van der Waals surface area contributed by atoms with Gasteiger partial charge in [-0.05, 0) is 18.2 Å². The van der Waals surface area contributed by atoms with Crippen molar-refractivity contribution in [2.75, 3.05) is 7.11 Å². The third kappa shape index (κ3) is 2.28. The van der Waals surface area contributed by atoms with Gasteiger partial charge in [0, 0.05) is 24.7 Å². The molecule has 3 rings (SSSR count). The van der Waals surface area contributed by atoms with Crippen molar-refractivity contribution in [3.8, 4) is 23.2 Å². The SMILES string of the molecule is COc1cc(-n2cccn2)nc(-c2ccccn2)n1. The lowest BCUT2D eigenvalue weighted by atomic mass is 10.3. The van der Waals surface area contributed by atoms with Gasteiger partial charge in [-0.1, -0.05) is 6.07 Å². The second-order valence-electron chi connectivity index (χ2n) is 3.76. The lowest BCUT2D eigenvalue weighted by molar-refractivity contribution is 0.397. The average molecular weight is 253 g/mol. The Morgan fingerprint density at radius 3 is 2.74 bits per heavy atom. The zero-order chi connectivity index (χ0) is 13.1. The van der Waals surface area contributed by atoms with E-state index in [0.717, 1.165) is 0 Å². The molecule has 0 N–H and O–H groups in total. The molecule has 0 aromatic carbocycles. The summed E-state index contributed by atoms with van der Waals surface area (Å²) in [5.41, 5.74) is 0.690. The summed E-state index contributed by atoms with van der Waals surface area (Å²) in [4.78, 5) is 13.0. The predicted octanol–water partition coefficient (Wildman–Crippen LogP) is 1.73. The van der Waals surface area contributed by atoms with Crippen LogP contribution < -0.4 is 4.74 Å². The van der Waals surface area contributed by atoms with Gasteiger partial charge in [-0.15, -0.1) is 0 Å². The number of ether oxygens (including phenoxy) is 1. The highest BCUT2D eigenvalue weighted by Gasteiger charge is 2.09. The van der Waals surface area contributed by atoms with E-state index in [2.05, 4.69) is 20.1 Å². The maximum absolute atomic E-state index is 5.20. The quantitative estimate of drug-likeness (QED) is 0.711. The smallest absolute Gasteiger partial charge is 0.218 e. The van der Waals surface area contributed by atoms with Crippen LogP contribution in [0.15, 0.2) is 48.9 Å². The highest BCUT2D eigenvalue weighted by Crippen LogP contribution is 2.18. The molecule has 3 aromatic heterocycles. The Bertz CT molecular complexity index is 667. The van der Waals surface area contributed by atoms with E-state index in [1.54, 1.807) is 30.3 Å². The van der Waals surface area contributed by atoms with Crippen LogP contribution in [0.1, 0.15) is 0 Å². The van der Waals surface area contributed by atoms with Gasteiger partial charge >= 0.3 is 0 Å². The molecule has 19 heavy (non-hydrogen) atoms. The maximum atomic E-state index is 5.20. The minimum atomic E-state index is 0.473. The van der Waals surface area contributed by atoms with Crippen molar-refractivity contribution in [3.05, 3.63) is 48.9 Å². The van der Waals surface area contributed by atoms with E-state index in [1.165, 1.54) is 0 Å². The Morgan fingerprint density at radius 2 is 2.05 bits per heavy atom. The standard InChI is InChI=1S/C13H11N5O/c1-19-12-9-11(18-8-4-7-15-18)16-13(17-12)10-5-2-3-6-14-10/h2-9H,1H3. The number of pyridine rings is 1. The summed E-state index contributed by atoms with van der Waals surface area (Å²) in [6.45, 7) is 0. The van der Waals surface area contributed by atoms with Crippen molar-refractivity contribution in [1.82, 2.24) is 24.7 Å². The number of nitrogens with zero attached hydrogens (tertiary/aromatic N) is 5. The van der Waals surface area contributed by atoms with Crippen LogP contribution in [0.25, 0.3) is 17.3 Å². The molecule has 0 saturated carbocycles. The zero-order valence-corrected chi connectivity index (χ0v) is 10.3. The molecule has 0 aliphatic carbocycles. The van der Waals surface area contributed by atoms with Crippen LogP contribution in [0.5, 0.6) is 5.88 Å². The van der Waals surface area contributed by atoms with Crippen molar-refractivity contribution in [1.29, 1.82) is 0 Å². The molecule has 0 unspecified atom stereocenters. The summed E-state index contributed by atoms with van der Waals surface area (Å²) in [6, 6.07) is 9.13. The highest BCUT2D eigenvalue weighted by molar-refractivity contribution is 5.51. The van der Waals surface area contributed by atoms with Gasteiger partial charge in [0.2, 0.25) is 5.88 Å². The predicted molar refractivity (Wildman–Crippen MR) is 68.9 cm³/mol. The second kappa shape index (κ2) is 4.85. The third-order valence-electron chi connectivity index (χ3n) is 2.53. The van der Waals surface area contributed by atoms with Crippen molar-refractivity contribution in [3.63, 3.8) is 0 Å². The minimum Gasteiger partial charge on any atom is -0.481 e. The molecule has 0 atom stereocenters. The maximum Gasteiger partial charge on any atom is 0.218 e. The van der Waals surface area contributed by atoms with E-state index in [-0.39, 0.29) is 0 Å². The minimum absolute atomic E-state index is 0.473. The van der Waals surface area contributed by atoms with Gasteiger partial charge in [-0.3, -0.25) is 4.98 Å². The van der Waals surface area contributed by atoms with Crippen molar-refractivity contribution in [2.45, 2.75) is 0 Å². The summed E-state index contributed by atoms with van der Waals surface area (Å²) in [5, 5.41) is 4.15.